The van der Waals surface area contributed by atoms with Gasteiger partial charge in [-0.2, -0.15) is 0 Å². The Kier molecular flexibility index (Phi) is 3.49. The SMILES string of the molecule is CCc1c(C(=O)OC)c[nH]c1C(=O)OC. The maximum atomic E-state index is 11.3. The summed E-state index contributed by atoms with van der Waals surface area (Å²) in [5, 5.41) is 0. The fourth-order valence-electron chi connectivity index (χ4n) is 1.40. The number of esters is 2. The topological polar surface area (TPSA) is 68.4 Å². The summed E-state index contributed by atoms with van der Waals surface area (Å²) in [6.45, 7) is 1.85. The van der Waals surface area contributed by atoms with Crippen LogP contribution in [0.3, 0.4) is 0 Å². The molecule has 0 saturated carbocycles. The van der Waals surface area contributed by atoms with Crippen LogP contribution in [0.15, 0.2) is 6.20 Å². The lowest BCUT2D eigenvalue weighted by Crippen LogP contribution is -2.08. The molecule has 0 aliphatic carbocycles. The maximum Gasteiger partial charge on any atom is 0.354 e. The molecular weight excluding hydrogens is 198 g/mol. The minimum atomic E-state index is -0.484. The highest BCUT2D eigenvalue weighted by Gasteiger charge is 2.20. The van der Waals surface area contributed by atoms with Crippen molar-refractivity contribution in [1.29, 1.82) is 0 Å². The number of carbonyl (C=O) groups is 2. The van der Waals surface area contributed by atoms with Crippen LogP contribution in [0.25, 0.3) is 0 Å². The molecule has 0 spiro atoms. The van der Waals surface area contributed by atoms with E-state index in [4.69, 9.17) is 0 Å². The Morgan fingerprint density at radius 3 is 2.33 bits per heavy atom. The summed E-state index contributed by atoms with van der Waals surface area (Å²) in [6.07, 6.45) is 2.01. The van der Waals surface area contributed by atoms with E-state index in [2.05, 4.69) is 14.5 Å². The highest BCUT2D eigenvalue weighted by atomic mass is 16.5. The van der Waals surface area contributed by atoms with Crippen molar-refractivity contribution in [3.63, 3.8) is 0 Å². The van der Waals surface area contributed by atoms with Gasteiger partial charge < -0.3 is 14.5 Å². The van der Waals surface area contributed by atoms with Crippen LogP contribution in [0.5, 0.6) is 0 Å². The molecule has 0 amide bonds. The molecule has 1 heterocycles. The Hall–Kier alpha value is -1.78. The molecule has 1 N–H and O–H groups in total. The van der Waals surface area contributed by atoms with Crippen molar-refractivity contribution >= 4 is 11.9 Å². The number of H-pyrrole nitrogens is 1. The number of rotatable bonds is 3. The van der Waals surface area contributed by atoms with Crippen LogP contribution in [0, 0.1) is 0 Å². The summed E-state index contributed by atoms with van der Waals surface area (Å²) in [7, 11) is 2.59. The lowest BCUT2D eigenvalue weighted by Gasteiger charge is -2.01. The number of hydrogen-bond donors (Lipinski definition) is 1. The van der Waals surface area contributed by atoms with Crippen molar-refractivity contribution in [3.8, 4) is 0 Å². The average Bonchev–Trinajstić information content (AvgIpc) is 2.70. The van der Waals surface area contributed by atoms with Crippen molar-refractivity contribution in [2.24, 2.45) is 0 Å². The molecular formula is C10H13NO4. The van der Waals surface area contributed by atoms with Crippen LogP contribution in [0.4, 0.5) is 0 Å². The van der Waals surface area contributed by atoms with E-state index in [-0.39, 0.29) is 0 Å². The highest BCUT2D eigenvalue weighted by Crippen LogP contribution is 2.16. The molecule has 0 saturated heterocycles. The third-order valence-corrected chi connectivity index (χ3v) is 2.14. The number of hydrogen-bond acceptors (Lipinski definition) is 4. The average molecular weight is 211 g/mol. The normalized spacial score (nSPS) is 9.80. The van der Waals surface area contributed by atoms with Gasteiger partial charge in [0.2, 0.25) is 0 Å². The molecule has 0 atom stereocenters. The monoisotopic (exact) mass is 211 g/mol. The molecule has 0 aliphatic rings. The van der Waals surface area contributed by atoms with Crippen LogP contribution in [-0.2, 0) is 15.9 Å². The Labute approximate surface area is 87.4 Å². The van der Waals surface area contributed by atoms with Gasteiger partial charge in [-0.1, -0.05) is 6.92 Å². The molecule has 1 aromatic heterocycles. The van der Waals surface area contributed by atoms with Crippen LogP contribution in [0.1, 0.15) is 33.3 Å². The first kappa shape index (κ1) is 11.3. The number of aromatic amines is 1. The molecule has 0 bridgehead atoms. The predicted molar refractivity (Wildman–Crippen MR) is 52.8 cm³/mol. The third-order valence-electron chi connectivity index (χ3n) is 2.14. The number of methoxy groups -OCH3 is 2. The van der Waals surface area contributed by atoms with E-state index in [1.807, 2.05) is 6.92 Å². The van der Waals surface area contributed by atoms with Gasteiger partial charge in [0, 0.05) is 6.20 Å². The van der Waals surface area contributed by atoms with Crippen molar-refractivity contribution in [2.45, 2.75) is 13.3 Å². The van der Waals surface area contributed by atoms with E-state index in [1.165, 1.54) is 20.4 Å². The van der Waals surface area contributed by atoms with Gasteiger partial charge in [-0.15, -0.1) is 0 Å². The van der Waals surface area contributed by atoms with Gasteiger partial charge in [-0.05, 0) is 12.0 Å². The standard InChI is InChI=1S/C10H13NO4/c1-4-6-7(9(12)14-2)5-11-8(6)10(13)15-3/h5,11H,4H2,1-3H3. The predicted octanol–water partition coefficient (Wildman–Crippen LogP) is 1.15. The lowest BCUT2D eigenvalue weighted by molar-refractivity contribution is 0.0593. The van der Waals surface area contributed by atoms with Gasteiger partial charge in [-0.3, -0.25) is 0 Å². The van der Waals surface area contributed by atoms with E-state index in [1.54, 1.807) is 0 Å². The summed E-state index contributed by atoms with van der Waals surface area (Å²) in [4.78, 5) is 25.4. The lowest BCUT2D eigenvalue weighted by atomic mass is 10.1. The van der Waals surface area contributed by atoms with Crippen molar-refractivity contribution in [1.82, 2.24) is 4.98 Å². The first-order valence-corrected chi connectivity index (χ1v) is 4.52. The molecule has 15 heavy (non-hydrogen) atoms. The quantitative estimate of drug-likeness (QED) is 0.761. The highest BCUT2D eigenvalue weighted by molar-refractivity contribution is 5.97. The Morgan fingerprint density at radius 1 is 1.27 bits per heavy atom. The second-order valence-electron chi connectivity index (χ2n) is 2.89. The molecule has 0 unspecified atom stereocenters. The molecule has 5 nitrogen and oxygen atoms in total. The zero-order valence-electron chi connectivity index (χ0n) is 8.92. The summed E-state index contributed by atoms with van der Waals surface area (Å²) in [6, 6.07) is 0. The molecule has 1 rings (SSSR count). The van der Waals surface area contributed by atoms with E-state index >= 15 is 0 Å². The van der Waals surface area contributed by atoms with Gasteiger partial charge in [0.05, 0.1) is 19.8 Å². The largest absolute Gasteiger partial charge is 0.465 e. The van der Waals surface area contributed by atoms with Gasteiger partial charge in [0.15, 0.2) is 0 Å². The summed E-state index contributed by atoms with van der Waals surface area (Å²) >= 11 is 0. The van der Waals surface area contributed by atoms with Crippen LogP contribution < -0.4 is 0 Å². The summed E-state index contributed by atoms with van der Waals surface area (Å²) in [5.41, 5.74) is 1.30. The minimum absolute atomic E-state index is 0.306. The molecule has 0 radical (unpaired) electrons. The first-order valence-electron chi connectivity index (χ1n) is 4.52. The van der Waals surface area contributed by atoms with Crippen LogP contribution >= 0.6 is 0 Å². The van der Waals surface area contributed by atoms with Crippen LogP contribution in [0.2, 0.25) is 0 Å². The Morgan fingerprint density at radius 2 is 1.87 bits per heavy atom. The maximum absolute atomic E-state index is 11.3. The van der Waals surface area contributed by atoms with E-state index in [9.17, 15) is 9.59 Å². The van der Waals surface area contributed by atoms with E-state index in [0.29, 0.717) is 23.2 Å². The molecule has 0 aliphatic heterocycles. The smallest absolute Gasteiger partial charge is 0.354 e. The zero-order valence-corrected chi connectivity index (χ0v) is 8.92. The van der Waals surface area contributed by atoms with Crippen LogP contribution in [-0.4, -0.2) is 31.1 Å². The minimum Gasteiger partial charge on any atom is -0.465 e. The van der Waals surface area contributed by atoms with Crippen molar-refractivity contribution < 1.29 is 19.1 Å². The summed E-state index contributed by atoms with van der Waals surface area (Å²) < 4.78 is 9.18. The van der Waals surface area contributed by atoms with E-state index in [0.717, 1.165) is 0 Å². The fraction of sp³-hybridized carbons (Fsp3) is 0.400. The number of carbonyl (C=O) groups excluding carboxylic acids is 2. The Balaban J connectivity index is 3.16. The van der Waals surface area contributed by atoms with Gasteiger partial charge in [0.25, 0.3) is 0 Å². The third kappa shape index (κ3) is 2.01. The molecule has 5 heteroatoms. The first-order chi connectivity index (χ1) is 7.15. The fourth-order valence-corrected chi connectivity index (χ4v) is 1.40. The molecule has 1 aromatic rings. The molecule has 82 valence electrons. The van der Waals surface area contributed by atoms with Crippen molar-refractivity contribution in [3.05, 3.63) is 23.0 Å². The zero-order chi connectivity index (χ0) is 11.4. The van der Waals surface area contributed by atoms with Crippen molar-refractivity contribution in [2.75, 3.05) is 14.2 Å². The molecule has 0 aromatic carbocycles. The summed E-state index contributed by atoms with van der Waals surface area (Å²) in [5.74, 6) is -0.944. The number of ether oxygens (including phenoxy) is 2. The number of nitrogens with one attached hydrogen (secondary N) is 1. The Bertz CT molecular complexity index is 347. The second-order valence-corrected chi connectivity index (χ2v) is 2.89. The number of aromatic nitrogens is 1. The second kappa shape index (κ2) is 4.63. The van der Waals surface area contributed by atoms with E-state index < -0.39 is 11.9 Å². The van der Waals surface area contributed by atoms with Gasteiger partial charge in [0.1, 0.15) is 5.69 Å². The van der Waals surface area contributed by atoms with Gasteiger partial charge >= 0.3 is 11.9 Å². The van der Waals surface area contributed by atoms with Gasteiger partial charge in [-0.25, -0.2) is 9.59 Å². The molecule has 0 fully saturated rings.